The van der Waals surface area contributed by atoms with Crippen LogP contribution in [-0.4, -0.2) is 93.4 Å². The number of aliphatic hydroxyl groups excluding tert-OH is 5. The standard InChI is InChI=1S/C25H32O11/c1-33-18-9-13(4-5-16(18)28)23-15(10-26)14-7-12(8-17(29)24(14)36-23)3-2-6-34-25-22(32)21(31)20(30)19(11-27)35-25/h4-5,7-9,15,19-23,25-32H,2-3,6,10-11H2,1H3/t15-,19+,20+,21-,22+,23+,25+/m0/s1. The van der Waals surface area contributed by atoms with E-state index < -0.39 is 49.3 Å². The Morgan fingerprint density at radius 2 is 1.69 bits per heavy atom. The summed E-state index contributed by atoms with van der Waals surface area (Å²) in [5, 5.41) is 69.7. The van der Waals surface area contributed by atoms with Crippen LogP contribution in [0.2, 0.25) is 0 Å². The van der Waals surface area contributed by atoms with E-state index >= 15 is 0 Å². The van der Waals surface area contributed by atoms with Crippen LogP contribution >= 0.6 is 0 Å². The number of fused-ring (bicyclic) bond motifs is 1. The number of hydrogen-bond donors (Lipinski definition) is 7. The highest BCUT2D eigenvalue weighted by Crippen LogP contribution is 2.51. The second-order valence-electron chi connectivity index (χ2n) is 8.96. The number of aryl methyl sites for hydroxylation is 1. The number of aromatic hydroxyl groups is 2. The van der Waals surface area contributed by atoms with Crippen molar-refractivity contribution in [3.05, 3.63) is 47.0 Å². The average molecular weight is 509 g/mol. The van der Waals surface area contributed by atoms with Crippen LogP contribution in [0, 0.1) is 0 Å². The largest absolute Gasteiger partial charge is 0.504 e. The minimum Gasteiger partial charge on any atom is -0.504 e. The lowest BCUT2D eigenvalue weighted by atomic mass is 9.90. The maximum Gasteiger partial charge on any atom is 0.186 e. The van der Waals surface area contributed by atoms with Gasteiger partial charge in [-0.3, -0.25) is 0 Å². The van der Waals surface area contributed by atoms with Crippen molar-refractivity contribution in [2.75, 3.05) is 26.9 Å². The summed E-state index contributed by atoms with van der Waals surface area (Å²) in [4.78, 5) is 0. The Bertz CT molecular complexity index is 1040. The zero-order valence-electron chi connectivity index (χ0n) is 19.7. The molecule has 36 heavy (non-hydrogen) atoms. The SMILES string of the molecule is COc1cc([C@H]2Oc3c(O)cc(CCCO[C@@H]4O[C@H](CO)[C@@H](O)[C@H](O)[C@H]4O)cc3[C@@H]2CO)ccc1O. The van der Waals surface area contributed by atoms with Gasteiger partial charge >= 0.3 is 0 Å². The number of phenols is 2. The molecule has 198 valence electrons. The summed E-state index contributed by atoms with van der Waals surface area (Å²) in [7, 11) is 1.44. The van der Waals surface area contributed by atoms with Gasteiger partial charge in [-0.1, -0.05) is 12.1 Å². The zero-order valence-corrected chi connectivity index (χ0v) is 19.7. The molecule has 0 amide bonds. The quantitative estimate of drug-likeness (QED) is 0.228. The van der Waals surface area contributed by atoms with E-state index in [9.17, 15) is 35.7 Å². The van der Waals surface area contributed by atoms with Crippen molar-refractivity contribution in [3.63, 3.8) is 0 Å². The van der Waals surface area contributed by atoms with E-state index in [1.54, 1.807) is 18.2 Å². The molecule has 0 spiro atoms. The van der Waals surface area contributed by atoms with Crippen LogP contribution < -0.4 is 9.47 Å². The molecular weight excluding hydrogens is 476 g/mol. The number of methoxy groups -OCH3 is 1. The second kappa shape index (κ2) is 11.2. The Morgan fingerprint density at radius 3 is 2.39 bits per heavy atom. The van der Waals surface area contributed by atoms with Crippen molar-refractivity contribution in [2.24, 2.45) is 0 Å². The number of aliphatic hydroxyl groups is 5. The summed E-state index contributed by atoms with van der Waals surface area (Å²) in [6.07, 6.45) is -6.31. The van der Waals surface area contributed by atoms with Crippen LogP contribution in [0.15, 0.2) is 30.3 Å². The Labute approximate surface area is 207 Å². The lowest BCUT2D eigenvalue weighted by molar-refractivity contribution is -0.301. The van der Waals surface area contributed by atoms with Gasteiger partial charge in [0.05, 0.1) is 32.8 Å². The highest BCUT2D eigenvalue weighted by Gasteiger charge is 2.44. The summed E-state index contributed by atoms with van der Waals surface area (Å²) >= 11 is 0. The molecule has 7 N–H and O–H groups in total. The Morgan fingerprint density at radius 1 is 0.917 bits per heavy atom. The molecule has 2 heterocycles. The maximum atomic E-state index is 10.6. The molecule has 0 saturated carbocycles. The van der Waals surface area contributed by atoms with E-state index in [1.165, 1.54) is 13.2 Å². The fraction of sp³-hybridized carbons (Fsp3) is 0.520. The van der Waals surface area contributed by atoms with E-state index in [0.29, 0.717) is 24.0 Å². The van der Waals surface area contributed by atoms with Crippen LogP contribution in [0.25, 0.3) is 0 Å². The van der Waals surface area contributed by atoms with Crippen molar-refractivity contribution in [3.8, 4) is 23.0 Å². The van der Waals surface area contributed by atoms with Crippen molar-refractivity contribution < 1.29 is 54.7 Å². The third-order valence-corrected chi connectivity index (χ3v) is 6.64. The molecule has 1 saturated heterocycles. The topological polar surface area (TPSA) is 179 Å². The summed E-state index contributed by atoms with van der Waals surface area (Å²) in [6.45, 7) is -0.633. The third-order valence-electron chi connectivity index (χ3n) is 6.64. The first kappa shape index (κ1) is 26.4. The third kappa shape index (κ3) is 5.09. The molecule has 1 fully saturated rings. The molecule has 0 bridgehead atoms. The lowest BCUT2D eigenvalue weighted by Gasteiger charge is -2.39. The molecule has 2 aliphatic rings. The van der Waals surface area contributed by atoms with Gasteiger partial charge in [0.2, 0.25) is 0 Å². The number of benzene rings is 2. The highest BCUT2D eigenvalue weighted by molar-refractivity contribution is 5.55. The summed E-state index contributed by atoms with van der Waals surface area (Å²) < 4.78 is 22.0. The fourth-order valence-electron chi connectivity index (χ4n) is 4.66. The molecule has 0 aromatic heterocycles. The van der Waals surface area contributed by atoms with Crippen molar-refractivity contribution in [1.29, 1.82) is 0 Å². The average Bonchev–Trinajstić information content (AvgIpc) is 3.25. The number of hydrogen-bond acceptors (Lipinski definition) is 11. The molecule has 11 nitrogen and oxygen atoms in total. The molecule has 7 atom stereocenters. The van der Waals surface area contributed by atoms with Crippen molar-refractivity contribution in [1.82, 2.24) is 0 Å². The Kier molecular flexibility index (Phi) is 8.20. The molecule has 2 aromatic carbocycles. The molecule has 2 aromatic rings. The van der Waals surface area contributed by atoms with Gasteiger partial charge in [0.15, 0.2) is 29.3 Å². The minimum atomic E-state index is -1.51. The van der Waals surface area contributed by atoms with Crippen LogP contribution in [-0.2, 0) is 15.9 Å². The predicted octanol–water partition coefficient (Wildman–Crippen LogP) is 0.0651. The molecule has 11 heteroatoms. The van der Waals surface area contributed by atoms with Gasteiger partial charge in [-0.2, -0.15) is 0 Å². The molecule has 4 rings (SSSR count). The Balaban J connectivity index is 1.41. The van der Waals surface area contributed by atoms with Gasteiger partial charge in [-0.05, 0) is 42.2 Å². The monoisotopic (exact) mass is 508 g/mol. The lowest BCUT2D eigenvalue weighted by Crippen LogP contribution is -2.59. The number of rotatable bonds is 9. The van der Waals surface area contributed by atoms with Gasteiger partial charge in [0.25, 0.3) is 0 Å². The van der Waals surface area contributed by atoms with Crippen LogP contribution in [0.1, 0.15) is 35.1 Å². The first-order valence-electron chi connectivity index (χ1n) is 11.7. The fourth-order valence-corrected chi connectivity index (χ4v) is 4.66. The number of phenolic OH excluding ortho intramolecular Hbond substituents is 2. The van der Waals surface area contributed by atoms with Crippen molar-refractivity contribution in [2.45, 2.75) is 55.6 Å². The van der Waals surface area contributed by atoms with Gasteiger partial charge in [0, 0.05) is 5.56 Å². The normalized spacial score (nSPS) is 29.6. The van der Waals surface area contributed by atoms with Crippen LogP contribution in [0.4, 0.5) is 0 Å². The number of ether oxygens (including phenoxy) is 4. The predicted molar refractivity (Wildman–Crippen MR) is 124 cm³/mol. The highest BCUT2D eigenvalue weighted by atomic mass is 16.7. The molecule has 0 radical (unpaired) electrons. The van der Waals surface area contributed by atoms with Crippen LogP contribution in [0.5, 0.6) is 23.0 Å². The van der Waals surface area contributed by atoms with E-state index in [-0.39, 0.29) is 36.2 Å². The first-order valence-corrected chi connectivity index (χ1v) is 11.7. The smallest absolute Gasteiger partial charge is 0.186 e. The molecule has 0 aliphatic carbocycles. The van der Waals surface area contributed by atoms with Gasteiger partial charge in [0.1, 0.15) is 30.5 Å². The van der Waals surface area contributed by atoms with Crippen molar-refractivity contribution >= 4 is 0 Å². The Hall–Kier alpha value is -2.64. The van der Waals surface area contributed by atoms with E-state index in [0.717, 1.165) is 5.56 Å². The van der Waals surface area contributed by atoms with E-state index in [1.807, 2.05) is 6.07 Å². The summed E-state index contributed by atoms with van der Waals surface area (Å²) in [6, 6.07) is 8.20. The zero-order chi connectivity index (χ0) is 26.0. The maximum absolute atomic E-state index is 10.6. The molecule has 2 aliphatic heterocycles. The van der Waals surface area contributed by atoms with Gasteiger partial charge in [-0.25, -0.2) is 0 Å². The molecular formula is C25H32O11. The second-order valence-corrected chi connectivity index (χ2v) is 8.96. The summed E-state index contributed by atoms with van der Waals surface area (Å²) in [5.41, 5.74) is 2.10. The van der Waals surface area contributed by atoms with E-state index in [2.05, 4.69) is 0 Å². The summed E-state index contributed by atoms with van der Waals surface area (Å²) in [5.74, 6) is 0.0170. The minimum absolute atomic E-state index is 0.0200. The molecule has 0 unspecified atom stereocenters. The van der Waals surface area contributed by atoms with Crippen LogP contribution in [0.3, 0.4) is 0 Å². The van der Waals surface area contributed by atoms with Gasteiger partial charge < -0.3 is 54.7 Å². The first-order chi connectivity index (χ1) is 17.3. The van der Waals surface area contributed by atoms with Gasteiger partial charge in [-0.15, -0.1) is 0 Å². The van der Waals surface area contributed by atoms with E-state index in [4.69, 9.17) is 18.9 Å².